The Kier molecular flexibility index (Phi) is 4.83. The molecule has 0 saturated heterocycles. The van der Waals surface area contributed by atoms with Crippen LogP contribution >= 0.6 is 0 Å². The minimum Gasteiger partial charge on any atom is -0.497 e. The highest BCUT2D eigenvalue weighted by molar-refractivity contribution is 6.07. The number of benzene rings is 2. The van der Waals surface area contributed by atoms with Gasteiger partial charge in [-0.3, -0.25) is 4.79 Å². The molecule has 1 aliphatic heterocycles. The summed E-state index contributed by atoms with van der Waals surface area (Å²) in [6.07, 6.45) is 1.81. The predicted molar refractivity (Wildman–Crippen MR) is 100 cm³/mol. The number of fused-ring (bicyclic) bond motifs is 1. The number of hydrogen-bond acceptors (Lipinski definition) is 4. The molecule has 0 aliphatic carbocycles. The second kappa shape index (κ2) is 7.05. The number of ether oxygens (including phenoxy) is 2. The second-order valence-electron chi connectivity index (χ2n) is 6.33. The van der Waals surface area contributed by atoms with Crippen LogP contribution < -0.4 is 19.3 Å². The number of carbonyl (C=O) groups excluding carboxylic acids is 1. The Hall–Kier alpha value is -2.69. The Morgan fingerprint density at radius 3 is 2.40 bits per heavy atom. The molecule has 0 fully saturated rings. The summed E-state index contributed by atoms with van der Waals surface area (Å²) >= 11 is 0. The molecule has 0 unspecified atom stereocenters. The van der Waals surface area contributed by atoms with Crippen LogP contribution in [0.5, 0.6) is 11.5 Å². The third-order valence-corrected chi connectivity index (χ3v) is 4.59. The zero-order chi connectivity index (χ0) is 18.0. The van der Waals surface area contributed by atoms with E-state index in [1.807, 2.05) is 60.3 Å². The lowest BCUT2D eigenvalue weighted by Gasteiger charge is -2.31. The van der Waals surface area contributed by atoms with Crippen molar-refractivity contribution in [2.75, 3.05) is 44.7 Å². The van der Waals surface area contributed by atoms with Gasteiger partial charge in [0.25, 0.3) is 5.91 Å². The van der Waals surface area contributed by atoms with Crippen molar-refractivity contribution in [3.05, 3.63) is 47.5 Å². The van der Waals surface area contributed by atoms with Gasteiger partial charge in [-0.1, -0.05) is 0 Å². The number of nitrogens with zero attached hydrogens (tertiary/aromatic N) is 2. The van der Waals surface area contributed by atoms with Crippen molar-refractivity contribution in [2.45, 2.75) is 12.8 Å². The highest BCUT2D eigenvalue weighted by Gasteiger charge is 2.26. The molecule has 2 aromatic rings. The summed E-state index contributed by atoms with van der Waals surface area (Å²) in [6.45, 7) is 0.692. The topological polar surface area (TPSA) is 42.0 Å². The zero-order valence-corrected chi connectivity index (χ0v) is 15.2. The fourth-order valence-corrected chi connectivity index (χ4v) is 3.20. The molecule has 3 rings (SSSR count). The molecule has 0 N–H and O–H groups in total. The van der Waals surface area contributed by atoms with E-state index in [9.17, 15) is 4.79 Å². The normalized spacial score (nSPS) is 13.2. The largest absolute Gasteiger partial charge is 0.497 e. The third kappa shape index (κ3) is 3.27. The summed E-state index contributed by atoms with van der Waals surface area (Å²) in [5.41, 5.74) is 3.69. The zero-order valence-electron chi connectivity index (χ0n) is 15.2. The van der Waals surface area contributed by atoms with Gasteiger partial charge in [-0.05, 0) is 37.1 Å². The first-order valence-corrected chi connectivity index (χ1v) is 8.39. The second-order valence-corrected chi connectivity index (χ2v) is 6.33. The smallest absolute Gasteiger partial charge is 0.258 e. The maximum Gasteiger partial charge on any atom is 0.258 e. The highest BCUT2D eigenvalue weighted by atomic mass is 16.5. The molecule has 25 heavy (non-hydrogen) atoms. The molecular formula is C20H24N2O3. The van der Waals surface area contributed by atoms with Crippen LogP contribution in [0.25, 0.3) is 0 Å². The number of anilines is 2. The summed E-state index contributed by atoms with van der Waals surface area (Å²) in [5, 5.41) is 0. The number of methoxy groups -OCH3 is 2. The Labute approximate surface area is 148 Å². The maximum absolute atomic E-state index is 13.1. The SMILES string of the molecule is COc1cc(OC)c2c(c1)N(C(=O)c1ccc(N(C)C)cc1)CCC2. The molecule has 0 aromatic heterocycles. The van der Waals surface area contributed by atoms with Gasteiger partial charge in [0, 0.05) is 49.6 Å². The van der Waals surface area contributed by atoms with Gasteiger partial charge in [0.15, 0.2) is 0 Å². The first-order chi connectivity index (χ1) is 12.0. The van der Waals surface area contributed by atoms with E-state index in [1.54, 1.807) is 14.2 Å². The van der Waals surface area contributed by atoms with Crippen LogP contribution in [0.2, 0.25) is 0 Å². The number of carbonyl (C=O) groups is 1. The molecule has 132 valence electrons. The van der Waals surface area contributed by atoms with Gasteiger partial charge in [0.2, 0.25) is 0 Å². The van der Waals surface area contributed by atoms with E-state index >= 15 is 0 Å². The molecule has 0 radical (unpaired) electrons. The minimum atomic E-state index is 0.00145. The summed E-state index contributed by atoms with van der Waals surface area (Å²) in [4.78, 5) is 16.9. The lowest BCUT2D eigenvalue weighted by molar-refractivity contribution is 0.0985. The van der Waals surface area contributed by atoms with Crippen molar-refractivity contribution in [1.29, 1.82) is 0 Å². The van der Waals surface area contributed by atoms with Crippen LogP contribution in [0.15, 0.2) is 36.4 Å². The third-order valence-electron chi connectivity index (χ3n) is 4.59. The van der Waals surface area contributed by atoms with Gasteiger partial charge in [-0.25, -0.2) is 0 Å². The van der Waals surface area contributed by atoms with E-state index < -0.39 is 0 Å². The fourth-order valence-electron chi connectivity index (χ4n) is 3.20. The van der Waals surface area contributed by atoms with Crippen LogP contribution in [-0.4, -0.2) is 40.8 Å². The monoisotopic (exact) mass is 340 g/mol. The van der Waals surface area contributed by atoms with Crippen LogP contribution in [0, 0.1) is 0 Å². The molecule has 2 aromatic carbocycles. The van der Waals surface area contributed by atoms with Crippen molar-refractivity contribution in [3.63, 3.8) is 0 Å². The Morgan fingerprint density at radius 2 is 1.80 bits per heavy atom. The number of hydrogen-bond donors (Lipinski definition) is 0. The average molecular weight is 340 g/mol. The first-order valence-electron chi connectivity index (χ1n) is 8.39. The lowest BCUT2D eigenvalue weighted by atomic mass is 9.99. The van der Waals surface area contributed by atoms with Crippen LogP contribution in [0.3, 0.4) is 0 Å². The molecular weight excluding hydrogens is 316 g/mol. The van der Waals surface area contributed by atoms with Gasteiger partial charge in [0.1, 0.15) is 11.5 Å². The van der Waals surface area contributed by atoms with Gasteiger partial charge in [-0.15, -0.1) is 0 Å². The molecule has 0 bridgehead atoms. The molecule has 1 aliphatic rings. The Morgan fingerprint density at radius 1 is 1.08 bits per heavy atom. The molecule has 1 heterocycles. The van der Waals surface area contributed by atoms with Crippen LogP contribution in [-0.2, 0) is 6.42 Å². The van der Waals surface area contributed by atoms with Crippen molar-refractivity contribution < 1.29 is 14.3 Å². The van der Waals surface area contributed by atoms with Gasteiger partial charge >= 0.3 is 0 Å². The molecule has 5 nitrogen and oxygen atoms in total. The fraction of sp³-hybridized carbons (Fsp3) is 0.350. The maximum atomic E-state index is 13.1. The standard InChI is InChI=1S/C20H24N2O3/c1-21(2)15-9-7-14(8-10-15)20(23)22-11-5-6-17-18(22)12-16(24-3)13-19(17)25-4/h7-10,12-13H,5-6,11H2,1-4H3. The Bertz CT molecular complexity index is 769. The first kappa shape index (κ1) is 17.1. The van der Waals surface area contributed by atoms with Crippen molar-refractivity contribution in [3.8, 4) is 11.5 Å². The predicted octanol–water partition coefficient (Wildman–Crippen LogP) is 3.36. The average Bonchev–Trinajstić information content (AvgIpc) is 2.66. The van der Waals surface area contributed by atoms with Gasteiger partial charge < -0.3 is 19.3 Å². The molecule has 1 amide bonds. The van der Waals surface area contributed by atoms with Crippen LogP contribution in [0.4, 0.5) is 11.4 Å². The van der Waals surface area contributed by atoms with Crippen molar-refractivity contribution >= 4 is 17.3 Å². The molecule has 5 heteroatoms. The quantitative estimate of drug-likeness (QED) is 0.856. The highest BCUT2D eigenvalue weighted by Crippen LogP contribution is 2.38. The van der Waals surface area contributed by atoms with E-state index in [1.165, 1.54) is 0 Å². The van der Waals surface area contributed by atoms with E-state index in [4.69, 9.17) is 9.47 Å². The van der Waals surface area contributed by atoms with Crippen molar-refractivity contribution in [1.82, 2.24) is 0 Å². The van der Waals surface area contributed by atoms with E-state index in [0.29, 0.717) is 17.9 Å². The van der Waals surface area contributed by atoms with E-state index in [-0.39, 0.29) is 5.91 Å². The molecule has 0 atom stereocenters. The van der Waals surface area contributed by atoms with Crippen molar-refractivity contribution in [2.24, 2.45) is 0 Å². The molecule has 0 spiro atoms. The van der Waals surface area contributed by atoms with E-state index in [0.717, 1.165) is 35.5 Å². The number of rotatable bonds is 4. The summed E-state index contributed by atoms with van der Waals surface area (Å²) in [5.74, 6) is 1.47. The van der Waals surface area contributed by atoms with E-state index in [2.05, 4.69) is 0 Å². The lowest BCUT2D eigenvalue weighted by Crippen LogP contribution is -2.35. The summed E-state index contributed by atoms with van der Waals surface area (Å²) in [7, 11) is 7.23. The number of amides is 1. The summed E-state index contributed by atoms with van der Waals surface area (Å²) < 4.78 is 10.9. The Balaban J connectivity index is 1.98. The minimum absolute atomic E-state index is 0.00145. The van der Waals surface area contributed by atoms with Crippen LogP contribution in [0.1, 0.15) is 22.3 Å². The van der Waals surface area contributed by atoms with Gasteiger partial charge in [0.05, 0.1) is 19.9 Å². The van der Waals surface area contributed by atoms with Gasteiger partial charge in [-0.2, -0.15) is 0 Å². The summed E-state index contributed by atoms with van der Waals surface area (Å²) in [6, 6.07) is 11.5. The molecule has 0 saturated carbocycles.